The van der Waals surface area contributed by atoms with E-state index in [4.69, 9.17) is 9.47 Å². The lowest BCUT2D eigenvalue weighted by molar-refractivity contribution is -0.206. The molecule has 0 saturated carbocycles. The lowest BCUT2D eigenvalue weighted by Gasteiger charge is -2.41. The third-order valence-electron chi connectivity index (χ3n) is 2.78. The molecule has 0 spiro atoms. The summed E-state index contributed by atoms with van der Waals surface area (Å²) in [6.45, 7) is 6.94. The highest BCUT2D eigenvalue weighted by Crippen LogP contribution is 2.29. The molecule has 0 aromatic carbocycles. The number of carbonyl (C=O) groups excluding carboxylic acids is 1. The zero-order chi connectivity index (χ0) is 9.19. The molecule has 0 N–H and O–H groups in total. The normalized spacial score (nSPS) is 39.1. The fourth-order valence-electron chi connectivity index (χ4n) is 1.41. The molecule has 3 heteroatoms. The number of aldehydes is 1. The summed E-state index contributed by atoms with van der Waals surface area (Å²) in [4.78, 5) is 10.6. The van der Waals surface area contributed by atoms with Crippen LogP contribution < -0.4 is 0 Å². The molecular weight excluding hydrogens is 156 g/mol. The van der Waals surface area contributed by atoms with Crippen LogP contribution in [0.4, 0.5) is 0 Å². The van der Waals surface area contributed by atoms with Crippen molar-refractivity contribution in [3.05, 3.63) is 0 Å². The first-order chi connectivity index (χ1) is 5.61. The fraction of sp³-hybridized carbons (Fsp3) is 0.889. The molecule has 3 atom stereocenters. The highest BCUT2D eigenvalue weighted by molar-refractivity contribution is 5.55. The maximum Gasteiger partial charge on any atom is 0.125 e. The Morgan fingerprint density at radius 1 is 1.58 bits per heavy atom. The van der Waals surface area contributed by atoms with Crippen LogP contribution in [0.3, 0.4) is 0 Å². The summed E-state index contributed by atoms with van der Waals surface area (Å²) in [5, 5.41) is 0. The molecule has 0 aromatic rings. The summed E-state index contributed by atoms with van der Waals surface area (Å²) in [7, 11) is 0. The maximum absolute atomic E-state index is 10.6. The molecule has 1 saturated heterocycles. The zero-order valence-electron chi connectivity index (χ0n) is 7.87. The third-order valence-corrected chi connectivity index (χ3v) is 2.78. The van der Waals surface area contributed by atoms with E-state index in [9.17, 15) is 4.79 Å². The van der Waals surface area contributed by atoms with Gasteiger partial charge in [-0.1, -0.05) is 6.92 Å². The first-order valence-electron chi connectivity index (χ1n) is 4.32. The van der Waals surface area contributed by atoms with Crippen LogP contribution in [0.1, 0.15) is 20.8 Å². The van der Waals surface area contributed by atoms with Crippen molar-refractivity contribution >= 4 is 6.29 Å². The molecular formula is C9H16O3. The van der Waals surface area contributed by atoms with Crippen molar-refractivity contribution in [1.29, 1.82) is 0 Å². The SMILES string of the molecule is CC(C=O)C1(C)OCCOC1C. The second-order valence-electron chi connectivity index (χ2n) is 3.47. The van der Waals surface area contributed by atoms with Crippen molar-refractivity contribution < 1.29 is 14.3 Å². The van der Waals surface area contributed by atoms with Gasteiger partial charge in [0.15, 0.2) is 0 Å². The molecule has 1 heterocycles. The summed E-state index contributed by atoms with van der Waals surface area (Å²) in [6, 6.07) is 0. The molecule has 0 aromatic heterocycles. The summed E-state index contributed by atoms with van der Waals surface area (Å²) >= 11 is 0. The first kappa shape index (κ1) is 9.68. The zero-order valence-corrected chi connectivity index (χ0v) is 7.87. The van der Waals surface area contributed by atoms with Gasteiger partial charge in [-0.05, 0) is 13.8 Å². The second kappa shape index (κ2) is 3.54. The molecule has 0 aliphatic carbocycles. The van der Waals surface area contributed by atoms with Gasteiger partial charge in [-0.3, -0.25) is 0 Å². The van der Waals surface area contributed by atoms with Gasteiger partial charge in [-0.2, -0.15) is 0 Å². The summed E-state index contributed by atoms with van der Waals surface area (Å²) in [5.74, 6) is -0.118. The standard InChI is InChI=1S/C9H16O3/c1-7(6-10)9(3)8(2)11-4-5-12-9/h6-8H,4-5H2,1-3H3. The highest BCUT2D eigenvalue weighted by Gasteiger charge is 2.40. The lowest BCUT2D eigenvalue weighted by atomic mass is 9.86. The van der Waals surface area contributed by atoms with E-state index in [-0.39, 0.29) is 12.0 Å². The Kier molecular flexibility index (Phi) is 2.85. The van der Waals surface area contributed by atoms with Gasteiger partial charge in [0, 0.05) is 5.92 Å². The van der Waals surface area contributed by atoms with Crippen LogP contribution in [0.15, 0.2) is 0 Å². The molecule has 0 radical (unpaired) electrons. The van der Waals surface area contributed by atoms with Gasteiger partial charge in [0.1, 0.15) is 11.9 Å². The minimum Gasteiger partial charge on any atom is -0.373 e. The number of hydrogen-bond donors (Lipinski definition) is 0. The average Bonchev–Trinajstić information content (AvgIpc) is 2.09. The first-order valence-corrected chi connectivity index (χ1v) is 4.32. The van der Waals surface area contributed by atoms with Gasteiger partial charge in [-0.15, -0.1) is 0 Å². The van der Waals surface area contributed by atoms with E-state index in [1.807, 2.05) is 20.8 Å². The van der Waals surface area contributed by atoms with Crippen LogP contribution >= 0.6 is 0 Å². The van der Waals surface area contributed by atoms with Gasteiger partial charge in [0.05, 0.1) is 19.3 Å². The molecule has 1 fully saturated rings. The van der Waals surface area contributed by atoms with Crippen molar-refractivity contribution in [2.24, 2.45) is 5.92 Å². The lowest BCUT2D eigenvalue weighted by Crippen LogP contribution is -2.52. The average molecular weight is 172 g/mol. The van der Waals surface area contributed by atoms with Crippen molar-refractivity contribution in [2.75, 3.05) is 13.2 Å². The molecule has 3 unspecified atom stereocenters. The van der Waals surface area contributed by atoms with Crippen LogP contribution in [0, 0.1) is 5.92 Å². The molecule has 12 heavy (non-hydrogen) atoms. The van der Waals surface area contributed by atoms with Crippen molar-refractivity contribution in [3.63, 3.8) is 0 Å². The minimum atomic E-state index is -0.444. The third kappa shape index (κ3) is 1.52. The molecule has 1 aliphatic rings. The van der Waals surface area contributed by atoms with Crippen molar-refractivity contribution in [3.8, 4) is 0 Å². The van der Waals surface area contributed by atoms with Crippen LogP contribution in [0.5, 0.6) is 0 Å². The number of carbonyl (C=O) groups is 1. The van der Waals surface area contributed by atoms with Gasteiger partial charge >= 0.3 is 0 Å². The van der Waals surface area contributed by atoms with E-state index in [1.54, 1.807) is 0 Å². The monoisotopic (exact) mass is 172 g/mol. The summed E-state index contributed by atoms with van der Waals surface area (Å²) < 4.78 is 11.0. The predicted molar refractivity (Wildman–Crippen MR) is 45.0 cm³/mol. The largest absolute Gasteiger partial charge is 0.373 e. The molecule has 1 aliphatic heterocycles. The quantitative estimate of drug-likeness (QED) is 0.583. The summed E-state index contributed by atoms with van der Waals surface area (Å²) in [6.07, 6.45) is 0.914. The Balaban J connectivity index is 2.71. The van der Waals surface area contributed by atoms with Gasteiger partial charge in [-0.25, -0.2) is 0 Å². The van der Waals surface area contributed by atoms with Gasteiger partial charge in [0.2, 0.25) is 0 Å². The van der Waals surface area contributed by atoms with Crippen LogP contribution in [-0.2, 0) is 14.3 Å². The Bertz CT molecular complexity index is 169. The van der Waals surface area contributed by atoms with Crippen molar-refractivity contribution in [1.82, 2.24) is 0 Å². The molecule has 0 bridgehead atoms. The van der Waals surface area contributed by atoms with Gasteiger partial charge in [0.25, 0.3) is 0 Å². The van der Waals surface area contributed by atoms with E-state index in [0.717, 1.165) is 6.29 Å². The smallest absolute Gasteiger partial charge is 0.125 e. The molecule has 0 amide bonds. The Hall–Kier alpha value is -0.410. The van der Waals surface area contributed by atoms with Crippen LogP contribution in [0.25, 0.3) is 0 Å². The molecule has 1 rings (SSSR count). The Labute approximate surface area is 73.0 Å². The molecule has 3 nitrogen and oxygen atoms in total. The highest BCUT2D eigenvalue weighted by atomic mass is 16.6. The Morgan fingerprint density at radius 2 is 2.25 bits per heavy atom. The van der Waals surface area contributed by atoms with Crippen LogP contribution in [-0.4, -0.2) is 31.2 Å². The number of rotatable bonds is 2. The van der Waals surface area contributed by atoms with Crippen molar-refractivity contribution in [2.45, 2.75) is 32.5 Å². The predicted octanol–water partition coefficient (Wildman–Crippen LogP) is 1.02. The van der Waals surface area contributed by atoms with E-state index in [1.165, 1.54) is 0 Å². The van der Waals surface area contributed by atoms with Gasteiger partial charge < -0.3 is 14.3 Å². The summed E-state index contributed by atoms with van der Waals surface area (Å²) in [5.41, 5.74) is -0.444. The fourth-order valence-corrected chi connectivity index (χ4v) is 1.41. The second-order valence-corrected chi connectivity index (χ2v) is 3.47. The minimum absolute atomic E-state index is 0.00792. The van der Waals surface area contributed by atoms with E-state index in [2.05, 4.69) is 0 Å². The maximum atomic E-state index is 10.6. The number of ether oxygens (including phenoxy) is 2. The van der Waals surface area contributed by atoms with E-state index in [0.29, 0.717) is 13.2 Å². The molecule has 70 valence electrons. The number of hydrogen-bond acceptors (Lipinski definition) is 3. The van der Waals surface area contributed by atoms with E-state index >= 15 is 0 Å². The van der Waals surface area contributed by atoms with E-state index < -0.39 is 5.60 Å². The topological polar surface area (TPSA) is 35.5 Å². The van der Waals surface area contributed by atoms with Crippen LogP contribution in [0.2, 0.25) is 0 Å². The Morgan fingerprint density at radius 3 is 2.75 bits per heavy atom.